The molecule has 0 saturated carbocycles. The van der Waals surface area contributed by atoms with Crippen molar-refractivity contribution in [2.75, 3.05) is 0 Å². The number of hydrogen-bond donors (Lipinski definition) is 0. The van der Waals surface area contributed by atoms with E-state index in [0.717, 1.165) is 0 Å². The fraction of sp³-hybridized carbons (Fsp3) is 0.455. The van der Waals surface area contributed by atoms with Crippen molar-refractivity contribution in [3.8, 4) is 0 Å². The Hall–Kier alpha value is -1.56. The standard InChI is InChI=1S/C22H30/c1-2-3-4-5-6-7-8-9-10-11-14-20-17-18-21-15-12-13-16-22(21)19-20/h8-9,12-13,15-19H,2-7,10-11,14H2,1H3/b9-8+. The summed E-state index contributed by atoms with van der Waals surface area (Å²) in [6, 6.07) is 15.5. The SMILES string of the molecule is CCCCCCC/C=C/CCCc1ccc2ccccc2c1. The molecular formula is C22H30. The van der Waals surface area contributed by atoms with Gasteiger partial charge in [0, 0.05) is 0 Å². The first-order valence-electron chi connectivity index (χ1n) is 9.03. The first-order chi connectivity index (χ1) is 10.9. The Balaban J connectivity index is 1.61. The topological polar surface area (TPSA) is 0 Å². The summed E-state index contributed by atoms with van der Waals surface area (Å²) in [7, 11) is 0. The molecule has 0 spiro atoms. The number of aryl methyl sites for hydroxylation is 1. The third-order valence-corrected chi connectivity index (χ3v) is 4.29. The lowest BCUT2D eigenvalue weighted by molar-refractivity contribution is 0.637. The predicted molar refractivity (Wildman–Crippen MR) is 99.4 cm³/mol. The van der Waals surface area contributed by atoms with Gasteiger partial charge in [0.15, 0.2) is 0 Å². The van der Waals surface area contributed by atoms with Gasteiger partial charge in [-0.15, -0.1) is 0 Å². The molecule has 0 aliphatic carbocycles. The second kappa shape index (κ2) is 10.2. The number of hydrogen-bond acceptors (Lipinski definition) is 0. The zero-order chi connectivity index (χ0) is 15.5. The second-order valence-corrected chi connectivity index (χ2v) is 6.25. The van der Waals surface area contributed by atoms with Gasteiger partial charge in [-0.3, -0.25) is 0 Å². The lowest BCUT2D eigenvalue weighted by Gasteiger charge is -2.03. The van der Waals surface area contributed by atoms with Gasteiger partial charge in [-0.05, 0) is 48.4 Å². The van der Waals surface area contributed by atoms with Crippen LogP contribution in [-0.2, 0) is 6.42 Å². The molecule has 118 valence electrons. The highest BCUT2D eigenvalue weighted by Crippen LogP contribution is 2.17. The van der Waals surface area contributed by atoms with Crippen molar-refractivity contribution in [3.63, 3.8) is 0 Å². The van der Waals surface area contributed by atoms with Crippen molar-refractivity contribution >= 4 is 10.8 Å². The highest BCUT2D eigenvalue weighted by molar-refractivity contribution is 5.82. The van der Waals surface area contributed by atoms with E-state index in [4.69, 9.17) is 0 Å². The van der Waals surface area contributed by atoms with Crippen LogP contribution in [0.25, 0.3) is 10.8 Å². The molecule has 0 fully saturated rings. The molecule has 0 saturated heterocycles. The Morgan fingerprint density at radius 3 is 2.27 bits per heavy atom. The van der Waals surface area contributed by atoms with Crippen molar-refractivity contribution in [2.45, 2.75) is 64.7 Å². The van der Waals surface area contributed by atoms with Crippen molar-refractivity contribution < 1.29 is 0 Å². The van der Waals surface area contributed by atoms with Gasteiger partial charge in [-0.25, -0.2) is 0 Å². The normalized spacial score (nSPS) is 11.5. The summed E-state index contributed by atoms with van der Waals surface area (Å²) in [4.78, 5) is 0. The third-order valence-electron chi connectivity index (χ3n) is 4.29. The molecule has 22 heavy (non-hydrogen) atoms. The quantitative estimate of drug-likeness (QED) is 0.324. The summed E-state index contributed by atoms with van der Waals surface area (Å²) in [5, 5.41) is 2.71. The Morgan fingerprint density at radius 2 is 1.45 bits per heavy atom. The molecule has 2 aromatic rings. The summed E-state index contributed by atoms with van der Waals surface area (Å²) < 4.78 is 0. The van der Waals surface area contributed by atoms with Crippen molar-refractivity contribution in [3.05, 3.63) is 60.2 Å². The Morgan fingerprint density at radius 1 is 0.727 bits per heavy atom. The molecule has 0 aliphatic heterocycles. The first kappa shape index (κ1) is 16.8. The fourth-order valence-electron chi connectivity index (χ4n) is 2.92. The van der Waals surface area contributed by atoms with E-state index in [1.807, 2.05) is 0 Å². The summed E-state index contributed by atoms with van der Waals surface area (Å²) in [5.74, 6) is 0. The maximum Gasteiger partial charge on any atom is -0.0181 e. The Kier molecular flexibility index (Phi) is 7.80. The Bertz CT molecular complexity index is 565. The molecule has 0 radical (unpaired) electrons. The van der Waals surface area contributed by atoms with E-state index >= 15 is 0 Å². The minimum absolute atomic E-state index is 1.19. The monoisotopic (exact) mass is 294 g/mol. The minimum atomic E-state index is 1.19. The van der Waals surface area contributed by atoms with Crippen LogP contribution < -0.4 is 0 Å². The van der Waals surface area contributed by atoms with Crippen LogP contribution >= 0.6 is 0 Å². The van der Waals surface area contributed by atoms with Crippen LogP contribution in [0, 0.1) is 0 Å². The van der Waals surface area contributed by atoms with Crippen LogP contribution in [0.4, 0.5) is 0 Å². The van der Waals surface area contributed by atoms with Crippen LogP contribution in [0.15, 0.2) is 54.6 Å². The molecule has 0 unspecified atom stereocenters. The molecule has 2 rings (SSSR count). The van der Waals surface area contributed by atoms with Crippen LogP contribution in [0.1, 0.15) is 63.9 Å². The van der Waals surface area contributed by atoms with Gasteiger partial charge in [-0.1, -0.05) is 87.2 Å². The molecule has 0 aliphatic rings. The van der Waals surface area contributed by atoms with E-state index in [2.05, 4.69) is 61.5 Å². The number of rotatable bonds is 10. The molecule has 0 N–H and O–H groups in total. The minimum Gasteiger partial charge on any atom is -0.0885 e. The van der Waals surface area contributed by atoms with Gasteiger partial charge in [0.05, 0.1) is 0 Å². The number of benzene rings is 2. The zero-order valence-corrected chi connectivity index (χ0v) is 14.1. The third kappa shape index (κ3) is 6.05. The number of unbranched alkanes of at least 4 members (excludes halogenated alkanes) is 6. The highest BCUT2D eigenvalue weighted by atomic mass is 14.0. The van der Waals surface area contributed by atoms with Crippen LogP contribution in [0.5, 0.6) is 0 Å². The molecule has 0 nitrogen and oxygen atoms in total. The molecule has 2 aromatic carbocycles. The highest BCUT2D eigenvalue weighted by Gasteiger charge is 1.96. The van der Waals surface area contributed by atoms with E-state index < -0.39 is 0 Å². The number of fused-ring (bicyclic) bond motifs is 1. The van der Waals surface area contributed by atoms with E-state index in [1.54, 1.807) is 0 Å². The van der Waals surface area contributed by atoms with Gasteiger partial charge >= 0.3 is 0 Å². The molecule has 0 heteroatoms. The average molecular weight is 294 g/mol. The predicted octanol–water partition coefficient (Wildman–Crippen LogP) is 7.08. The van der Waals surface area contributed by atoms with Gasteiger partial charge in [0.25, 0.3) is 0 Å². The molecule has 0 bridgehead atoms. The van der Waals surface area contributed by atoms with Gasteiger partial charge < -0.3 is 0 Å². The maximum atomic E-state index is 2.38. The second-order valence-electron chi connectivity index (χ2n) is 6.25. The van der Waals surface area contributed by atoms with Gasteiger partial charge in [0.1, 0.15) is 0 Å². The maximum absolute atomic E-state index is 2.38. The number of allylic oxidation sites excluding steroid dienone is 2. The summed E-state index contributed by atoms with van der Waals surface area (Å²) in [6.45, 7) is 2.27. The van der Waals surface area contributed by atoms with Crippen molar-refractivity contribution in [2.24, 2.45) is 0 Å². The van der Waals surface area contributed by atoms with Crippen LogP contribution in [-0.4, -0.2) is 0 Å². The fourth-order valence-corrected chi connectivity index (χ4v) is 2.92. The molecule has 0 aromatic heterocycles. The van der Waals surface area contributed by atoms with E-state index in [-0.39, 0.29) is 0 Å². The van der Waals surface area contributed by atoms with Gasteiger partial charge in [0.2, 0.25) is 0 Å². The molecular weight excluding hydrogens is 264 g/mol. The lowest BCUT2D eigenvalue weighted by Crippen LogP contribution is -1.85. The summed E-state index contributed by atoms with van der Waals surface area (Å²) in [5.41, 5.74) is 1.46. The molecule has 0 atom stereocenters. The Labute approximate surface area is 136 Å². The molecule has 0 heterocycles. The first-order valence-corrected chi connectivity index (χ1v) is 9.03. The van der Waals surface area contributed by atoms with Crippen molar-refractivity contribution in [1.29, 1.82) is 0 Å². The molecule has 0 amide bonds. The van der Waals surface area contributed by atoms with E-state index in [9.17, 15) is 0 Å². The van der Waals surface area contributed by atoms with Gasteiger partial charge in [-0.2, -0.15) is 0 Å². The van der Waals surface area contributed by atoms with E-state index in [1.165, 1.54) is 74.1 Å². The zero-order valence-electron chi connectivity index (χ0n) is 14.1. The van der Waals surface area contributed by atoms with E-state index in [0.29, 0.717) is 0 Å². The average Bonchev–Trinajstić information content (AvgIpc) is 2.56. The smallest absolute Gasteiger partial charge is 0.0181 e. The largest absolute Gasteiger partial charge is 0.0885 e. The van der Waals surface area contributed by atoms with Crippen LogP contribution in [0.3, 0.4) is 0 Å². The summed E-state index contributed by atoms with van der Waals surface area (Å²) in [6.07, 6.45) is 16.6. The lowest BCUT2D eigenvalue weighted by atomic mass is 10.0. The van der Waals surface area contributed by atoms with Crippen LogP contribution in [0.2, 0.25) is 0 Å². The summed E-state index contributed by atoms with van der Waals surface area (Å²) >= 11 is 0. The van der Waals surface area contributed by atoms with Crippen molar-refractivity contribution in [1.82, 2.24) is 0 Å².